The van der Waals surface area contributed by atoms with Crippen LogP contribution in [0.2, 0.25) is 0 Å². The van der Waals surface area contributed by atoms with Gasteiger partial charge in [-0.1, -0.05) is 0 Å². The fourth-order valence-electron chi connectivity index (χ4n) is 0. The molecule has 0 saturated carbocycles. The highest BCUT2D eigenvalue weighted by Crippen LogP contribution is 1.81. The largest absolute Gasteiger partial charge is 0.286 e. The Bertz CT molecular complexity index is 44.9. The summed E-state index contributed by atoms with van der Waals surface area (Å²) in [5.41, 5.74) is 0. The summed E-state index contributed by atoms with van der Waals surface area (Å²) in [5, 5.41) is 4.69. The molecule has 0 fully saturated rings. The third kappa shape index (κ3) is 3.98. The molecule has 0 aliphatic carbocycles. The average Bonchev–Trinajstić information content (AvgIpc) is 1.38. The molecule has 0 radical (unpaired) electrons. The first kappa shape index (κ1) is 4.98. The van der Waals surface area contributed by atoms with Crippen LogP contribution in [0.25, 0.3) is 0 Å². The quantitative estimate of drug-likeness (QED) is 0.431. The third-order valence-electron chi connectivity index (χ3n) is 0.166. The maximum absolute atomic E-state index is 9.65. The number of hydrogen-bond donors (Lipinski definition) is 1. The molecule has 0 saturated heterocycles. The summed E-state index contributed by atoms with van der Waals surface area (Å²) in [4.78, 5) is 9.65. The van der Waals surface area contributed by atoms with Crippen molar-refractivity contribution in [3.63, 3.8) is 0 Å². The highest BCUT2D eigenvalue weighted by Gasteiger charge is 1.78. The average molecular weight is 91.1 g/mol. The molecule has 0 aromatic carbocycles. The van der Waals surface area contributed by atoms with Crippen molar-refractivity contribution in [3.05, 3.63) is 0 Å². The van der Waals surface area contributed by atoms with E-state index in [1.54, 1.807) is 0 Å². The van der Waals surface area contributed by atoms with E-state index in [-0.39, 0.29) is 5.12 Å². The summed E-state index contributed by atoms with van der Waals surface area (Å²) in [6, 6.07) is 0. The predicted octanol–water partition coefficient (Wildman–Crippen LogP) is 0.140. The van der Waals surface area contributed by atoms with E-state index in [9.17, 15) is 4.79 Å². The Morgan fingerprint density at radius 1 is 2.00 bits per heavy atom. The Morgan fingerprint density at radius 3 is 2.20 bits per heavy atom. The maximum Gasteiger partial charge on any atom is 0.200 e. The van der Waals surface area contributed by atoms with Gasteiger partial charge in [0.1, 0.15) is 0 Å². The molecule has 3 heteroatoms. The molecule has 0 unspecified atom stereocenters. The van der Waals surface area contributed by atoms with E-state index in [1.165, 1.54) is 6.92 Å². The topological polar surface area (TPSA) is 43.1 Å². The maximum atomic E-state index is 9.65. The van der Waals surface area contributed by atoms with Crippen LogP contribution in [-0.2, 0) is 4.79 Å². The van der Waals surface area contributed by atoms with E-state index in [1.807, 2.05) is 0 Å². The van der Waals surface area contributed by atoms with Crippen LogP contribution >= 0.6 is 11.9 Å². The number of hydrogen-bond acceptors (Lipinski definition) is 3. The normalized spacial score (nSPS) is 7.60. The van der Waals surface area contributed by atoms with Crippen molar-refractivity contribution >= 4 is 17.1 Å². The lowest BCUT2D eigenvalue weighted by Gasteiger charge is -1.72. The van der Waals surface area contributed by atoms with Crippen molar-refractivity contribution in [1.82, 2.24) is 0 Å². The van der Waals surface area contributed by atoms with Crippen LogP contribution in [0, 0.1) is 0 Å². The van der Waals surface area contributed by atoms with Gasteiger partial charge in [0, 0.05) is 6.92 Å². The molecule has 2 N–H and O–H groups in total. The number of nitrogens with two attached hydrogens (primary N) is 1. The van der Waals surface area contributed by atoms with Gasteiger partial charge in [0.25, 0.3) is 0 Å². The molecule has 0 aliphatic rings. The summed E-state index contributed by atoms with van der Waals surface area (Å²) < 4.78 is 0. The Hall–Kier alpha value is -0.0200. The minimum atomic E-state index is -0.0509. The second-order valence-electron chi connectivity index (χ2n) is 0.609. The molecule has 0 amide bonds. The van der Waals surface area contributed by atoms with Gasteiger partial charge in [-0.05, 0) is 11.9 Å². The number of carbonyl (C=O) groups excluding carboxylic acids is 1. The van der Waals surface area contributed by atoms with Crippen LogP contribution in [0.15, 0.2) is 0 Å². The predicted molar refractivity (Wildman–Crippen MR) is 22.5 cm³/mol. The second-order valence-corrected chi connectivity index (χ2v) is 1.42. The van der Waals surface area contributed by atoms with E-state index >= 15 is 0 Å². The smallest absolute Gasteiger partial charge is 0.200 e. The van der Waals surface area contributed by atoms with Crippen molar-refractivity contribution in [2.45, 2.75) is 6.92 Å². The molecule has 0 aliphatic heterocycles. The number of carbonyl (C=O) groups is 1. The zero-order chi connectivity index (χ0) is 4.28. The SMILES string of the molecule is CC(=O)SN. The minimum Gasteiger partial charge on any atom is -0.286 e. The lowest BCUT2D eigenvalue weighted by molar-refractivity contribution is -0.109. The fraction of sp³-hybridized carbons (Fsp3) is 0.500. The first-order chi connectivity index (χ1) is 2.27. The van der Waals surface area contributed by atoms with Crippen molar-refractivity contribution in [3.8, 4) is 0 Å². The second kappa shape index (κ2) is 2.23. The van der Waals surface area contributed by atoms with Gasteiger partial charge in [-0.25, -0.2) is 0 Å². The summed E-state index contributed by atoms with van der Waals surface area (Å²) in [7, 11) is 0. The molecule has 5 heavy (non-hydrogen) atoms. The van der Waals surface area contributed by atoms with Gasteiger partial charge in [-0.15, -0.1) is 0 Å². The van der Waals surface area contributed by atoms with Gasteiger partial charge >= 0.3 is 0 Å². The van der Waals surface area contributed by atoms with Crippen LogP contribution in [0.3, 0.4) is 0 Å². The van der Waals surface area contributed by atoms with Crippen molar-refractivity contribution in [1.29, 1.82) is 0 Å². The molecular formula is C2H5NOS. The molecule has 0 bridgehead atoms. The lowest BCUT2D eigenvalue weighted by Crippen LogP contribution is -1.85. The third-order valence-corrected chi connectivity index (χ3v) is 0.498. The number of rotatable bonds is 0. The van der Waals surface area contributed by atoms with Crippen molar-refractivity contribution in [2.24, 2.45) is 5.14 Å². The summed E-state index contributed by atoms with van der Waals surface area (Å²) in [6.07, 6.45) is 0. The first-order valence-electron chi connectivity index (χ1n) is 1.14. The Labute approximate surface area is 34.9 Å². The Kier molecular flexibility index (Phi) is 2.22. The van der Waals surface area contributed by atoms with E-state index in [4.69, 9.17) is 5.14 Å². The molecule has 0 heterocycles. The highest BCUT2D eigenvalue weighted by molar-refractivity contribution is 8.11. The Balaban J connectivity index is 2.85. The molecule has 0 rings (SSSR count). The van der Waals surface area contributed by atoms with Gasteiger partial charge in [0.05, 0.1) is 0 Å². The van der Waals surface area contributed by atoms with E-state index in [0.29, 0.717) is 0 Å². The van der Waals surface area contributed by atoms with Crippen LogP contribution in [0.4, 0.5) is 0 Å². The Morgan fingerprint density at radius 2 is 2.20 bits per heavy atom. The monoisotopic (exact) mass is 91.0 g/mol. The molecular weight excluding hydrogens is 86.1 g/mol. The molecule has 0 atom stereocenters. The minimum absolute atomic E-state index is 0.0509. The van der Waals surface area contributed by atoms with Gasteiger partial charge in [-0.3, -0.25) is 9.93 Å². The summed E-state index contributed by atoms with van der Waals surface area (Å²) >= 11 is 0.741. The van der Waals surface area contributed by atoms with Gasteiger partial charge in [0.15, 0.2) is 5.12 Å². The molecule has 0 aromatic rings. The van der Waals surface area contributed by atoms with Crippen molar-refractivity contribution < 1.29 is 4.79 Å². The van der Waals surface area contributed by atoms with Crippen LogP contribution in [0.5, 0.6) is 0 Å². The van der Waals surface area contributed by atoms with Gasteiger partial charge in [0.2, 0.25) is 0 Å². The van der Waals surface area contributed by atoms with Crippen molar-refractivity contribution in [2.75, 3.05) is 0 Å². The van der Waals surface area contributed by atoms with Crippen LogP contribution in [0.1, 0.15) is 6.92 Å². The first-order valence-corrected chi connectivity index (χ1v) is 2.02. The van der Waals surface area contributed by atoms with Gasteiger partial charge in [-0.2, -0.15) is 0 Å². The van der Waals surface area contributed by atoms with Gasteiger partial charge < -0.3 is 0 Å². The standard InChI is InChI=1S/C2H5NOS/c1-2(4)5-3/h3H2,1H3. The molecule has 2 nitrogen and oxygen atoms in total. The molecule has 0 aromatic heterocycles. The zero-order valence-electron chi connectivity index (χ0n) is 2.89. The molecule has 30 valence electrons. The summed E-state index contributed by atoms with van der Waals surface area (Å²) in [5.74, 6) is 0. The van der Waals surface area contributed by atoms with Crippen LogP contribution in [-0.4, -0.2) is 5.12 Å². The lowest BCUT2D eigenvalue weighted by atomic mass is 10.9. The fourth-order valence-corrected chi connectivity index (χ4v) is 0. The van der Waals surface area contributed by atoms with E-state index in [2.05, 4.69) is 0 Å². The zero-order valence-corrected chi connectivity index (χ0v) is 3.71. The van der Waals surface area contributed by atoms with E-state index < -0.39 is 0 Å². The molecule has 0 spiro atoms. The van der Waals surface area contributed by atoms with Crippen LogP contribution < -0.4 is 5.14 Å². The highest BCUT2D eigenvalue weighted by atomic mass is 32.2. The summed E-state index contributed by atoms with van der Waals surface area (Å²) in [6.45, 7) is 1.42. The van der Waals surface area contributed by atoms with E-state index in [0.717, 1.165) is 11.9 Å².